The number of amides is 1. The van der Waals surface area contributed by atoms with E-state index in [-0.39, 0.29) is 17.4 Å². The molecule has 118 valence electrons. The molecule has 1 atom stereocenters. The molecule has 1 fully saturated rings. The molecule has 0 radical (unpaired) electrons. The third-order valence-corrected chi connectivity index (χ3v) is 5.91. The molecule has 0 aromatic heterocycles. The monoisotopic (exact) mass is 304 g/mol. The van der Waals surface area contributed by atoms with Crippen molar-refractivity contribution in [2.45, 2.75) is 58.4 Å². The molecule has 0 bridgehead atoms. The van der Waals surface area contributed by atoms with E-state index in [4.69, 9.17) is 0 Å². The van der Waals surface area contributed by atoms with Gasteiger partial charge >= 0.3 is 0 Å². The van der Waals surface area contributed by atoms with Gasteiger partial charge in [0.15, 0.2) is 0 Å². The average Bonchev–Trinajstić information content (AvgIpc) is 2.44. The summed E-state index contributed by atoms with van der Waals surface area (Å²) in [4.78, 5) is 12.4. The van der Waals surface area contributed by atoms with Crippen molar-refractivity contribution in [2.24, 2.45) is 5.92 Å². The smallest absolute Gasteiger partial charge is 0.224 e. The zero-order valence-electron chi connectivity index (χ0n) is 13.1. The highest BCUT2D eigenvalue weighted by Gasteiger charge is 2.33. The van der Waals surface area contributed by atoms with Crippen LogP contribution in [0.2, 0.25) is 0 Å². The van der Waals surface area contributed by atoms with Gasteiger partial charge in [-0.3, -0.25) is 4.79 Å². The first-order chi connectivity index (χ1) is 9.28. The number of nitrogens with one attached hydrogen (secondary N) is 1. The van der Waals surface area contributed by atoms with E-state index < -0.39 is 10.0 Å². The highest BCUT2D eigenvalue weighted by Crippen LogP contribution is 2.23. The molecule has 0 aliphatic carbocycles. The van der Waals surface area contributed by atoms with Gasteiger partial charge in [0.2, 0.25) is 15.9 Å². The maximum Gasteiger partial charge on any atom is 0.224 e. The first-order valence-corrected chi connectivity index (χ1v) is 9.40. The molecule has 1 saturated heterocycles. The Bertz CT molecular complexity index is 421. The van der Waals surface area contributed by atoms with Gasteiger partial charge in [-0.2, -0.15) is 0 Å². The number of carbonyl (C=O) groups is 1. The van der Waals surface area contributed by atoms with Crippen LogP contribution in [0, 0.1) is 5.92 Å². The van der Waals surface area contributed by atoms with Gasteiger partial charge in [0.05, 0.1) is 12.2 Å². The standard InChI is InChI=1S/C14H28N2O3S/c1-5-14(6-2,7-3)15-13(17)12-9-8-10-16(11-12)20(4,18)19/h12H,5-11H2,1-4H3,(H,15,17). The zero-order valence-corrected chi connectivity index (χ0v) is 13.9. The second kappa shape index (κ2) is 6.89. The number of piperidine rings is 1. The quantitative estimate of drug-likeness (QED) is 0.813. The van der Waals surface area contributed by atoms with Crippen molar-refractivity contribution >= 4 is 15.9 Å². The van der Waals surface area contributed by atoms with Crippen molar-refractivity contribution in [3.63, 3.8) is 0 Å². The Labute approximate surface area is 123 Å². The Morgan fingerprint density at radius 1 is 1.25 bits per heavy atom. The molecule has 1 heterocycles. The summed E-state index contributed by atoms with van der Waals surface area (Å²) in [6, 6.07) is 0. The summed E-state index contributed by atoms with van der Waals surface area (Å²) < 4.78 is 24.6. The van der Waals surface area contributed by atoms with Gasteiger partial charge < -0.3 is 5.32 Å². The van der Waals surface area contributed by atoms with Crippen LogP contribution < -0.4 is 5.32 Å². The van der Waals surface area contributed by atoms with E-state index in [1.165, 1.54) is 10.6 Å². The molecule has 1 aliphatic heterocycles. The predicted molar refractivity (Wildman–Crippen MR) is 80.9 cm³/mol. The van der Waals surface area contributed by atoms with Crippen LogP contribution in [0.3, 0.4) is 0 Å². The molecule has 6 heteroatoms. The zero-order chi connectivity index (χ0) is 15.4. The van der Waals surface area contributed by atoms with Crippen LogP contribution >= 0.6 is 0 Å². The lowest BCUT2D eigenvalue weighted by atomic mass is 9.88. The molecule has 1 amide bonds. The van der Waals surface area contributed by atoms with Crippen LogP contribution in [-0.4, -0.2) is 43.5 Å². The van der Waals surface area contributed by atoms with Gasteiger partial charge in [-0.05, 0) is 32.1 Å². The van der Waals surface area contributed by atoms with Crippen LogP contribution in [0.4, 0.5) is 0 Å². The van der Waals surface area contributed by atoms with E-state index in [2.05, 4.69) is 26.1 Å². The summed E-state index contributed by atoms with van der Waals surface area (Å²) in [6.07, 6.45) is 5.42. The summed E-state index contributed by atoms with van der Waals surface area (Å²) in [5.41, 5.74) is -0.148. The average molecular weight is 304 g/mol. The molecule has 0 aromatic rings. The van der Waals surface area contributed by atoms with Crippen molar-refractivity contribution in [3.8, 4) is 0 Å². The van der Waals surface area contributed by atoms with E-state index in [0.29, 0.717) is 13.1 Å². The number of hydrogen-bond acceptors (Lipinski definition) is 3. The predicted octanol–water partition coefficient (Wildman–Crippen LogP) is 1.74. The molecule has 1 aliphatic rings. The van der Waals surface area contributed by atoms with Crippen molar-refractivity contribution in [1.29, 1.82) is 0 Å². The molecular formula is C14H28N2O3S. The topological polar surface area (TPSA) is 66.5 Å². The van der Waals surface area contributed by atoms with Crippen LogP contribution in [-0.2, 0) is 14.8 Å². The second-order valence-corrected chi connectivity index (χ2v) is 7.77. The van der Waals surface area contributed by atoms with Gasteiger partial charge in [0.1, 0.15) is 0 Å². The van der Waals surface area contributed by atoms with E-state index in [1.807, 2.05) is 0 Å². The first-order valence-electron chi connectivity index (χ1n) is 7.55. The Balaban J connectivity index is 2.72. The first kappa shape index (κ1) is 17.4. The number of hydrogen-bond donors (Lipinski definition) is 1. The summed E-state index contributed by atoms with van der Waals surface area (Å²) in [6.45, 7) is 7.09. The van der Waals surface area contributed by atoms with Crippen molar-refractivity contribution < 1.29 is 13.2 Å². The number of carbonyl (C=O) groups excluding carboxylic acids is 1. The van der Waals surface area contributed by atoms with Crippen LogP contribution in [0.25, 0.3) is 0 Å². The fourth-order valence-corrected chi connectivity index (χ4v) is 3.75. The Hall–Kier alpha value is -0.620. The Morgan fingerprint density at radius 3 is 2.25 bits per heavy atom. The van der Waals surface area contributed by atoms with Gasteiger partial charge in [-0.15, -0.1) is 0 Å². The van der Waals surface area contributed by atoms with Crippen molar-refractivity contribution in [2.75, 3.05) is 19.3 Å². The second-order valence-electron chi connectivity index (χ2n) is 5.79. The van der Waals surface area contributed by atoms with Gasteiger partial charge in [-0.1, -0.05) is 20.8 Å². The molecule has 1 rings (SSSR count). The number of sulfonamides is 1. The molecular weight excluding hydrogens is 276 g/mol. The molecule has 0 spiro atoms. The lowest BCUT2D eigenvalue weighted by molar-refractivity contribution is -0.128. The Morgan fingerprint density at radius 2 is 1.80 bits per heavy atom. The van der Waals surface area contributed by atoms with Gasteiger partial charge in [-0.25, -0.2) is 12.7 Å². The van der Waals surface area contributed by atoms with Crippen LogP contribution in [0.5, 0.6) is 0 Å². The molecule has 0 aromatic carbocycles. The fourth-order valence-electron chi connectivity index (χ4n) is 2.84. The van der Waals surface area contributed by atoms with Crippen molar-refractivity contribution in [1.82, 2.24) is 9.62 Å². The minimum absolute atomic E-state index is 0.00361. The largest absolute Gasteiger partial charge is 0.350 e. The third kappa shape index (κ3) is 4.19. The van der Waals surface area contributed by atoms with E-state index in [0.717, 1.165) is 32.1 Å². The van der Waals surface area contributed by atoms with Gasteiger partial charge in [0, 0.05) is 18.6 Å². The minimum Gasteiger partial charge on any atom is -0.350 e. The van der Waals surface area contributed by atoms with Crippen LogP contribution in [0.15, 0.2) is 0 Å². The summed E-state index contributed by atoms with van der Waals surface area (Å²) in [5.74, 6) is -0.216. The Kier molecular flexibility index (Phi) is 6.01. The lowest BCUT2D eigenvalue weighted by Crippen LogP contribution is -2.52. The fraction of sp³-hybridized carbons (Fsp3) is 0.929. The highest BCUT2D eigenvalue weighted by molar-refractivity contribution is 7.88. The third-order valence-electron chi connectivity index (χ3n) is 4.64. The van der Waals surface area contributed by atoms with Crippen molar-refractivity contribution in [3.05, 3.63) is 0 Å². The maximum atomic E-state index is 12.4. The summed E-state index contributed by atoms with van der Waals surface area (Å²) in [5, 5.41) is 3.16. The maximum absolute atomic E-state index is 12.4. The number of nitrogens with zero attached hydrogens (tertiary/aromatic N) is 1. The van der Waals surface area contributed by atoms with E-state index >= 15 is 0 Å². The summed E-state index contributed by atoms with van der Waals surface area (Å²) >= 11 is 0. The van der Waals surface area contributed by atoms with E-state index in [1.54, 1.807) is 0 Å². The molecule has 5 nitrogen and oxygen atoms in total. The number of rotatable bonds is 6. The molecule has 1 unspecified atom stereocenters. The minimum atomic E-state index is -3.20. The highest BCUT2D eigenvalue weighted by atomic mass is 32.2. The van der Waals surface area contributed by atoms with Crippen LogP contribution in [0.1, 0.15) is 52.9 Å². The molecule has 20 heavy (non-hydrogen) atoms. The molecule has 1 N–H and O–H groups in total. The summed E-state index contributed by atoms with van der Waals surface area (Å²) in [7, 11) is -3.20. The van der Waals surface area contributed by atoms with E-state index in [9.17, 15) is 13.2 Å². The normalized spacial score (nSPS) is 21.7. The SMILES string of the molecule is CCC(CC)(CC)NC(=O)C1CCCN(S(C)(=O)=O)C1. The lowest BCUT2D eigenvalue weighted by Gasteiger charge is -2.36. The van der Waals surface area contributed by atoms with Gasteiger partial charge in [0.25, 0.3) is 0 Å². The molecule has 0 saturated carbocycles.